The van der Waals surface area contributed by atoms with E-state index in [2.05, 4.69) is 0 Å². The summed E-state index contributed by atoms with van der Waals surface area (Å²) in [5.74, 6) is -0.0206. The molecular formula is C9H9ClFNO. The average molecular weight is 202 g/mol. The number of ether oxygens (including phenoxy) is 1. The molecule has 0 amide bonds. The first-order valence-corrected chi connectivity index (χ1v) is 4.41. The summed E-state index contributed by atoms with van der Waals surface area (Å²) in [7, 11) is 0. The molecule has 0 radical (unpaired) electrons. The van der Waals surface area contributed by atoms with Gasteiger partial charge in [-0.3, -0.25) is 0 Å². The van der Waals surface area contributed by atoms with E-state index < -0.39 is 0 Å². The summed E-state index contributed by atoms with van der Waals surface area (Å²) in [5.41, 5.74) is 0. The zero-order valence-electron chi connectivity index (χ0n) is 6.91. The molecule has 1 aliphatic heterocycles. The molecular weight excluding hydrogens is 193 g/mol. The van der Waals surface area contributed by atoms with Gasteiger partial charge in [0.2, 0.25) is 0 Å². The van der Waals surface area contributed by atoms with Crippen molar-refractivity contribution >= 4 is 11.8 Å². The highest BCUT2D eigenvalue weighted by molar-refractivity contribution is 6.13. The van der Waals surface area contributed by atoms with E-state index in [-0.39, 0.29) is 11.9 Å². The molecule has 2 rings (SSSR count). The Balaban J connectivity index is 1.98. The Labute approximate surface area is 81.0 Å². The second kappa shape index (κ2) is 3.52. The van der Waals surface area contributed by atoms with Crippen molar-refractivity contribution in [2.45, 2.75) is 6.10 Å². The molecule has 1 aromatic carbocycles. The van der Waals surface area contributed by atoms with Crippen LogP contribution in [0.25, 0.3) is 0 Å². The van der Waals surface area contributed by atoms with Crippen LogP contribution in [0.2, 0.25) is 0 Å². The van der Waals surface area contributed by atoms with Crippen LogP contribution in [0.1, 0.15) is 0 Å². The van der Waals surface area contributed by atoms with Crippen molar-refractivity contribution in [3.8, 4) is 5.75 Å². The summed E-state index contributed by atoms with van der Waals surface area (Å²) in [5, 5.41) is 0. The monoisotopic (exact) mass is 201 g/mol. The van der Waals surface area contributed by atoms with Crippen LogP contribution in [-0.2, 0) is 0 Å². The van der Waals surface area contributed by atoms with E-state index in [1.54, 1.807) is 22.6 Å². The maximum Gasteiger partial charge on any atom is 0.165 e. The lowest BCUT2D eigenvalue weighted by Gasteiger charge is -2.33. The van der Waals surface area contributed by atoms with Gasteiger partial charge in [0.25, 0.3) is 0 Å². The first-order chi connectivity index (χ1) is 6.25. The zero-order chi connectivity index (χ0) is 9.26. The van der Waals surface area contributed by atoms with Crippen LogP contribution in [-0.4, -0.2) is 23.6 Å². The number of halogens is 2. The lowest BCUT2D eigenvalue weighted by atomic mass is 10.2. The van der Waals surface area contributed by atoms with Crippen LogP contribution in [0.5, 0.6) is 5.75 Å². The van der Waals surface area contributed by atoms with Gasteiger partial charge in [0, 0.05) is 0 Å². The van der Waals surface area contributed by atoms with E-state index in [1.807, 2.05) is 0 Å². The predicted molar refractivity (Wildman–Crippen MR) is 48.2 cm³/mol. The molecule has 0 spiro atoms. The van der Waals surface area contributed by atoms with Gasteiger partial charge < -0.3 is 4.74 Å². The molecule has 1 saturated heterocycles. The fourth-order valence-electron chi connectivity index (χ4n) is 1.18. The van der Waals surface area contributed by atoms with Gasteiger partial charge in [0.05, 0.1) is 13.1 Å². The lowest BCUT2D eigenvalue weighted by molar-refractivity contribution is 0.0746. The molecule has 0 bridgehead atoms. The maximum absolute atomic E-state index is 13.0. The van der Waals surface area contributed by atoms with Crippen LogP contribution in [0.4, 0.5) is 4.39 Å². The van der Waals surface area contributed by atoms with Gasteiger partial charge in [-0.15, -0.1) is 0 Å². The van der Waals surface area contributed by atoms with E-state index in [1.165, 1.54) is 6.07 Å². The molecule has 0 aliphatic carbocycles. The Hall–Kier alpha value is -0.800. The molecule has 0 saturated carbocycles. The number of nitrogens with zero attached hydrogens (tertiary/aromatic N) is 1. The summed E-state index contributed by atoms with van der Waals surface area (Å²) in [6.07, 6.45) is 0.0226. The van der Waals surface area contributed by atoms with Crippen molar-refractivity contribution in [1.82, 2.24) is 4.42 Å². The zero-order valence-corrected chi connectivity index (χ0v) is 7.67. The molecule has 1 aliphatic rings. The predicted octanol–water partition coefficient (Wildman–Crippen LogP) is 2.04. The highest BCUT2D eigenvalue weighted by Crippen LogP contribution is 2.21. The van der Waals surface area contributed by atoms with E-state index >= 15 is 0 Å². The van der Waals surface area contributed by atoms with Crippen molar-refractivity contribution in [3.63, 3.8) is 0 Å². The van der Waals surface area contributed by atoms with Crippen LogP contribution < -0.4 is 4.74 Å². The number of benzene rings is 1. The molecule has 1 heterocycles. The molecule has 2 nitrogen and oxygen atoms in total. The smallest absolute Gasteiger partial charge is 0.165 e. The van der Waals surface area contributed by atoms with E-state index in [9.17, 15) is 4.39 Å². The van der Waals surface area contributed by atoms with E-state index in [0.29, 0.717) is 18.8 Å². The molecule has 13 heavy (non-hydrogen) atoms. The second-order valence-corrected chi connectivity index (χ2v) is 3.48. The van der Waals surface area contributed by atoms with Gasteiger partial charge in [-0.25, -0.2) is 8.81 Å². The third kappa shape index (κ3) is 1.92. The van der Waals surface area contributed by atoms with Crippen molar-refractivity contribution in [2.24, 2.45) is 0 Å². The number of hydrogen-bond acceptors (Lipinski definition) is 2. The van der Waals surface area contributed by atoms with Crippen LogP contribution in [0.3, 0.4) is 0 Å². The molecule has 1 fully saturated rings. The Morgan fingerprint density at radius 3 is 2.69 bits per heavy atom. The second-order valence-electron chi connectivity index (χ2n) is 3.00. The van der Waals surface area contributed by atoms with Crippen molar-refractivity contribution in [2.75, 3.05) is 13.1 Å². The van der Waals surface area contributed by atoms with Gasteiger partial charge in [-0.05, 0) is 23.9 Å². The maximum atomic E-state index is 13.0. The highest BCUT2D eigenvalue weighted by atomic mass is 35.5. The molecule has 1 aromatic rings. The van der Waals surface area contributed by atoms with Gasteiger partial charge in [0.15, 0.2) is 11.6 Å². The summed E-state index contributed by atoms with van der Waals surface area (Å²) in [6.45, 7) is 1.30. The first kappa shape index (κ1) is 8.78. The minimum atomic E-state index is -0.324. The van der Waals surface area contributed by atoms with E-state index in [0.717, 1.165) is 0 Å². The highest BCUT2D eigenvalue weighted by Gasteiger charge is 2.27. The topological polar surface area (TPSA) is 12.5 Å². The molecule has 0 aromatic heterocycles. The van der Waals surface area contributed by atoms with Crippen molar-refractivity contribution < 1.29 is 9.13 Å². The average Bonchev–Trinajstić information content (AvgIpc) is 2.06. The third-order valence-corrected chi connectivity index (χ3v) is 2.21. The molecule has 0 atom stereocenters. The molecule has 0 unspecified atom stereocenters. The van der Waals surface area contributed by atoms with Crippen LogP contribution in [0, 0.1) is 5.82 Å². The minimum Gasteiger partial charge on any atom is -0.485 e. The Morgan fingerprint density at radius 2 is 2.08 bits per heavy atom. The summed E-state index contributed by atoms with van der Waals surface area (Å²) in [6, 6.07) is 6.38. The SMILES string of the molecule is Fc1ccccc1OC1CN(Cl)C1. The normalized spacial score (nSPS) is 18.3. The van der Waals surface area contributed by atoms with Crippen LogP contribution >= 0.6 is 11.8 Å². The van der Waals surface area contributed by atoms with Gasteiger partial charge >= 0.3 is 0 Å². The quantitative estimate of drug-likeness (QED) is 0.679. The fraction of sp³-hybridized carbons (Fsp3) is 0.333. The van der Waals surface area contributed by atoms with E-state index in [4.69, 9.17) is 16.5 Å². The summed E-state index contributed by atoms with van der Waals surface area (Å²) >= 11 is 5.61. The van der Waals surface area contributed by atoms with Crippen LogP contribution in [0.15, 0.2) is 24.3 Å². The Kier molecular flexibility index (Phi) is 2.38. The summed E-state index contributed by atoms with van der Waals surface area (Å²) in [4.78, 5) is 0. The van der Waals surface area contributed by atoms with Crippen molar-refractivity contribution in [3.05, 3.63) is 30.1 Å². The van der Waals surface area contributed by atoms with Crippen molar-refractivity contribution in [1.29, 1.82) is 0 Å². The number of para-hydroxylation sites is 1. The number of hydrogen-bond donors (Lipinski definition) is 0. The first-order valence-electron chi connectivity index (χ1n) is 4.07. The standard InChI is InChI=1S/C9H9ClFNO/c10-12-5-7(6-12)13-9-4-2-1-3-8(9)11/h1-4,7H,5-6H2. The fourth-order valence-corrected chi connectivity index (χ4v) is 1.49. The molecule has 70 valence electrons. The number of rotatable bonds is 2. The largest absolute Gasteiger partial charge is 0.485 e. The lowest BCUT2D eigenvalue weighted by Crippen LogP contribution is -2.48. The van der Waals surface area contributed by atoms with Gasteiger partial charge in [-0.2, -0.15) is 0 Å². The third-order valence-electron chi connectivity index (χ3n) is 1.93. The molecule has 4 heteroatoms. The van der Waals surface area contributed by atoms with Gasteiger partial charge in [-0.1, -0.05) is 12.1 Å². The Morgan fingerprint density at radius 1 is 1.38 bits per heavy atom. The van der Waals surface area contributed by atoms with Gasteiger partial charge in [0.1, 0.15) is 6.10 Å². The summed E-state index contributed by atoms with van der Waals surface area (Å²) < 4.78 is 20.0. The molecule has 0 N–H and O–H groups in total. The minimum absolute atomic E-state index is 0.0226. The Bertz CT molecular complexity index is 301.